The minimum atomic E-state index is -0.935. The molecule has 1 fully saturated rings. The van der Waals surface area contributed by atoms with Crippen molar-refractivity contribution in [3.05, 3.63) is 59.2 Å². The molecule has 0 spiro atoms. The molecule has 1 unspecified atom stereocenters. The SMILES string of the molecule is O=C1Nc2ccccc2C=CC1N1C(=O)C2=CCCC=C2C1=O. The van der Waals surface area contributed by atoms with Crippen LogP contribution >= 0.6 is 0 Å². The number of fused-ring (bicyclic) bond motifs is 2. The van der Waals surface area contributed by atoms with Crippen molar-refractivity contribution in [1.29, 1.82) is 0 Å². The van der Waals surface area contributed by atoms with Crippen LogP contribution in [0.2, 0.25) is 0 Å². The predicted molar refractivity (Wildman–Crippen MR) is 85.1 cm³/mol. The molecule has 0 saturated carbocycles. The number of rotatable bonds is 1. The molecule has 1 atom stereocenters. The largest absolute Gasteiger partial charge is 0.323 e. The van der Waals surface area contributed by atoms with Crippen LogP contribution in [0.25, 0.3) is 6.08 Å². The number of anilines is 1. The highest BCUT2D eigenvalue weighted by Crippen LogP contribution is 2.32. The van der Waals surface area contributed by atoms with Gasteiger partial charge < -0.3 is 5.32 Å². The summed E-state index contributed by atoms with van der Waals surface area (Å²) in [4.78, 5) is 38.7. The van der Waals surface area contributed by atoms with Crippen molar-refractivity contribution < 1.29 is 14.4 Å². The van der Waals surface area contributed by atoms with Crippen molar-refractivity contribution in [2.45, 2.75) is 18.9 Å². The van der Waals surface area contributed by atoms with Crippen LogP contribution in [-0.2, 0) is 14.4 Å². The van der Waals surface area contributed by atoms with Gasteiger partial charge in [0.25, 0.3) is 17.7 Å². The average Bonchev–Trinajstić information content (AvgIpc) is 2.71. The summed E-state index contributed by atoms with van der Waals surface area (Å²) in [6.45, 7) is 0. The fourth-order valence-corrected chi connectivity index (χ4v) is 3.13. The summed E-state index contributed by atoms with van der Waals surface area (Å²) in [5.74, 6) is -1.17. The standard InChI is InChI=1S/C18H14N2O3/c21-16-15(10-9-11-5-1-4-8-14(11)19-16)20-17(22)12-6-2-3-7-13(12)18(20)23/h1,4-10,15H,2-3H2,(H,19,21). The van der Waals surface area contributed by atoms with E-state index in [0.717, 1.165) is 23.3 Å². The Bertz CT molecular complexity index is 800. The smallest absolute Gasteiger partial charge is 0.262 e. The molecule has 1 aliphatic carbocycles. The molecule has 0 aromatic heterocycles. The lowest BCUT2D eigenvalue weighted by molar-refractivity contribution is -0.142. The Hall–Kier alpha value is -2.95. The topological polar surface area (TPSA) is 66.5 Å². The summed E-state index contributed by atoms with van der Waals surface area (Å²) in [5, 5.41) is 2.79. The van der Waals surface area contributed by atoms with Gasteiger partial charge in [-0.05, 0) is 24.5 Å². The summed E-state index contributed by atoms with van der Waals surface area (Å²) in [5.41, 5.74) is 2.36. The molecule has 1 aromatic carbocycles. The van der Waals surface area contributed by atoms with Gasteiger partial charge in [0.2, 0.25) is 0 Å². The van der Waals surface area contributed by atoms with Crippen LogP contribution in [0.1, 0.15) is 18.4 Å². The van der Waals surface area contributed by atoms with Gasteiger partial charge in [-0.15, -0.1) is 0 Å². The second-order valence-electron chi connectivity index (χ2n) is 5.67. The van der Waals surface area contributed by atoms with E-state index in [4.69, 9.17) is 0 Å². The Balaban J connectivity index is 1.73. The first kappa shape index (κ1) is 13.7. The summed E-state index contributed by atoms with van der Waals surface area (Å²) < 4.78 is 0. The summed E-state index contributed by atoms with van der Waals surface area (Å²) >= 11 is 0. The van der Waals surface area contributed by atoms with Gasteiger partial charge in [0, 0.05) is 16.8 Å². The third-order valence-electron chi connectivity index (χ3n) is 4.28. The maximum atomic E-state index is 12.6. The number of nitrogens with zero attached hydrogens (tertiary/aromatic N) is 1. The minimum absolute atomic E-state index is 0.382. The molecule has 0 radical (unpaired) electrons. The molecule has 5 nitrogen and oxygen atoms in total. The highest BCUT2D eigenvalue weighted by atomic mass is 16.2. The van der Waals surface area contributed by atoms with Gasteiger partial charge in [-0.2, -0.15) is 0 Å². The van der Waals surface area contributed by atoms with E-state index in [-0.39, 0.29) is 5.91 Å². The van der Waals surface area contributed by atoms with E-state index in [1.807, 2.05) is 18.2 Å². The van der Waals surface area contributed by atoms with Crippen LogP contribution in [0.15, 0.2) is 53.6 Å². The Morgan fingerprint density at radius 2 is 1.61 bits per heavy atom. The van der Waals surface area contributed by atoms with Gasteiger partial charge in [-0.3, -0.25) is 19.3 Å². The number of allylic oxidation sites excluding steroid dienone is 2. The van der Waals surface area contributed by atoms with Crippen LogP contribution in [0.4, 0.5) is 5.69 Å². The van der Waals surface area contributed by atoms with E-state index in [1.165, 1.54) is 0 Å². The monoisotopic (exact) mass is 306 g/mol. The third-order valence-corrected chi connectivity index (χ3v) is 4.28. The first-order valence-corrected chi connectivity index (χ1v) is 7.53. The number of benzene rings is 1. The second kappa shape index (κ2) is 5.05. The zero-order chi connectivity index (χ0) is 16.0. The van der Waals surface area contributed by atoms with Gasteiger partial charge in [-0.25, -0.2) is 0 Å². The third kappa shape index (κ3) is 2.04. The second-order valence-corrected chi connectivity index (χ2v) is 5.67. The Labute approximate surface area is 133 Å². The molecule has 114 valence electrons. The number of nitrogens with one attached hydrogen (secondary N) is 1. The fraction of sp³-hybridized carbons (Fsp3) is 0.167. The lowest BCUT2D eigenvalue weighted by Gasteiger charge is -2.21. The molecule has 5 heteroatoms. The Kier molecular flexibility index (Phi) is 3.01. The minimum Gasteiger partial charge on any atom is -0.323 e. The molecule has 4 rings (SSSR count). The zero-order valence-corrected chi connectivity index (χ0v) is 12.3. The van der Waals surface area contributed by atoms with Gasteiger partial charge in [-0.1, -0.05) is 42.5 Å². The molecule has 1 N–H and O–H groups in total. The molecule has 2 heterocycles. The number of carbonyl (C=O) groups is 3. The van der Waals surface area contributed by atoms with Crippen LogP contribution in [0.5, 0.6) is 0 Å². The van der Waals surface area contributed by atoms with Crippen LogP contribution < -0.4 is 5.32 Å². The van der Waals surface area contributed by atoms with Crippen molar-refractivity contribution >= 4 is 29.5 Å². The molecule has 0 bridgehead atoms. The van der Waals surface area contributed by atoms with Gasteiger partial charge in [0.05, 0.1) is 0 Å². The first-order valence-electron chi connectivity index (χ1n) is 7.53. The molecule has 1 aromatic rings. The van der Waals surface area contributed by atoms with E-state index in [2.05, 4.69) is 5.32 Å². The number of hydrogen-bond acceptors (Lipinski definition) is 3. The molecular formula is C18H14N2O3. The van der Waals surface area contributed by atoms with Crippen molar-refractivity contribution in [3.8, 4) is 0 Å². The molecule has 3 aliphatic rings. The van der Waals surface area contributed by atoms with E-state index in [0.29, 0.717) is 16.8 Å². The van der Waals surface area contributed by atoms with Gasteiger partial charge in [0.15, 0.2) is 0 Å². The maximum absolute atomic E-state index is 12.6. The number of hydrogen-bond donors (Lipinski definition) is 1. The maximum Gasteiger partial charge on any atom is 0.262 e. The van der Waals surface area contributed by atoms with E-state index >= 15 is 0 Å². The normalized spacial score (nSPS) is 22.9. The van der Waals surface area contributed by atoms with Gasteiger partial charge >= 0.3 is 0 Å². The highest BCUT2D eigenvalue weighted by molar-refractivity contribution is 6.26. The van der Waals surface area contributed by atoms with Gasteiger partial charge in [0.1, 0.15) is 6.04 Å². The molecule has 2 aliphatic heterocycles. The number of likely N-dealkylation sites (tertiary alicyclic amines) is 1. The van der Waals surface area contributed by atoms with Crippen LogP contribution in [-0.4, -0.2) is 28.7 Å². The summed E-state index contributed by atoms with van der Waals surface area (Å²) in [6, 6.07) is 6.41. The quantitative estimate of drug-likeness (QED) is 0.807. The van der Waals surface area contributed by atoms with Crippen molar-refractivity contribution in [2.24, 2.45) is 0 Å². The van der Waals surface area contributed by atoms with Crippen molar-refractivity contribution in [1.82, 2.24) is 4.90 Å². The zero-order valence-electron chi connectivity index (χ0n) is 12.3. The molecular weight excluding hydrogens is 292 g/mol. The van der Waals surface area contributed by atoms with Crippen LogP contribution in [0.3, 0.4) is 0 Å². The Morgan fingerprint density at radius 1 is 0.957 bits per heavy atom. The molecule has 1 saturated heterocycles. The number of amides is 3. The van der Waals surface area contributed by atoms with Crippen molar-refractivity contribution in [2.75, 3.05) is 5.32 Å². The van der Waals surface area contributed by atoms with E-state index < -0.39 is 17.9 Å². The summed E-state index contributed by atoms with van der Waals surface area (Å²) in [7, 11) is 0. The molecule has 3 amide bonds. The van der Waals surface area contributed by atoms with Crippen LogP contribution in [0, 0.1) is 0 Å². The summed E-state index contributed by atoms with van der Waals surface area (Å²) in [6.07, 6.45) is 8.41. The number of carbonyl (C=O) groups excluding carboxylic acids is 3. The lowest BCUT2D eigenvalue weighted by atomic mass is 10.0. The predicted octanol–water partition coefficient (Wildman–Crippen LogP) is 2.04. The number of imide groups is 1. The number of para-hydroxylation sites is 1. The van der Waals surface area contributed by atoms with Crippen molar-refractivity contribution in [3.63, 3.8) is 0 Å². The lowest BCUT2D eigenvalue weighted by Crippen LogP contribution is -2.45. The first-order chi connectivity index (χ1) is 11.2. The molecule has 23 heavy (non-hydrogen) atoms. The average molecular weight is 306 g/mol. The van der Waals surface area contributed by atoms with E-state index in [1.54, 1.807) is 30.4 Å². The van der Waals surface area contributed by atoms with E-state index in [9.17, 15) is 14.4 Å². The Morgan fingerprint density at radius 3 is 2.30 bits per heavy atom. The highest BCUT2D eigenvalue weighted by Gasteiger charge is 2.44. The fourth-order valence-electron chi connectivity index (χ4n) is 3.13.